The van der Waals surface area contributed by atoms with E-state index in [1.807, 2.05) is 31.2 Å². The van der Waals surface area contributed by atoms with Gasteiger partial charge in [-0.15, -0.1) is 0 Å². The molecule has 14 heavy (non-hydrogen) atoms. The van der Waals surface area contributed by atoms with Crippen LogP contribution < -0.4 is 9.16 Å². The molecule has 0 fully saturated rings. The summed E-state index contributed by atoms with van der Waals surface area (Å²) in [4.78, 5) is 0. The lowest BCUT2D eigenvalue weighted by Gasteiger charge is -2.21. The molecule has 0 spiro atoms. The van der Waals surface area contributed by atoms with Gasteiger partial charge in [-0.1, -0.05) is 12.1 Å². The van der Waals surface area contributed by atoms with Crippen LogP contribution in [0.15, 0.2) is 24.3 Å². The van der Waals surface area contributed by atoms with Crippen molar-refractivity contribution in [2.45, 2.75) is 26.6 Å². The van der Waals surface area contributed by atoms with Crippen molar-refractivity contribution in [3.8, 4) is 11.5 Å². The van der Waals surface area contributed by atoms with E-state index in [1.54, 1.807) is 0 Å². The zero-order valence-electron chi connectivity index (χ0n) is 9.33. The third-order valence-corrected chi connectivity index (χ3v) is 2.40. The molecule has 0 saturated carbocycles. The summed E-state index contributed by atoms with van der Waals surface area (Å²) in [6, 6.07) is 7.84. The molecule has 0 aliphatic carbocycles. The highest BCUT2D eigenvalue weighted by molar-refractivity contribution is 6.70. The highest BCUT2D eigenvalue weighted by Gasteiger charge is 2.18. The molecule has 0 aromatic heterocycles. The standard InChI is InChI=1S/C11H18O2Si/c1-5-12-10-8-6-7-9-11(10)13-14(2,3)4/h6-9H,5H2,1-4H3. The van der Waals surface area contributed by atoms with E-state index in [0.717, 1.165) is 11.5 Å². The van der Waals surface area contributed by atoms with Gasteiger partial charge < -0.3 is 9.16 Å². The highest BCUT2D eigenvalue weighted by Crippen LogP contribution is 2.28. The first-order valence-corrected chi connectivity index (χ1v) is 8.34. The van der Waals surface area contributed by atoms with Crippen LogP contribution in [-0.2, 0) is 0 Å². The van der Waals surface area contributed by atoms with Crippen LogP contribution in [-0.4, -0.2) is 14.9 Å². The Kier molecular flexibility index (Phi) is 3.58. The maximum Gasteiger partial charge on any atom is 0.242 e. The molecular weight excluding hydrogens is 192 g/mol. The molecule has 0 aliphatic rings. The van der Waals surface area contributed by atoms with Crippen LogP contribution in [0.1, 0.15) is 6.92 Å². The molecule has 1 rings (SSSR count). The van der Waals surface area contributed by atoms with E-state index < -0.39 is 8.32 Å². The Labute approximate surface area is 87.0 Å². The van der Waals surface area contributed by atoms with Crippen molar-refractivity contribution < 1.29 is 9.16 Å². The lowest BCUT2D eigenvalue weighted by Crippen LogP contribution is -2.29. The molecule has 0 heterocycles. The number of benzene rings is 1. The van der Waals surface area contributed by atoms with Crippen molar-refractivity contribution in [2.75, 3.05) is 6.61 Å². The summed E-state index contributed by atoms with van der Waals surface area (Å²) in [6.45, 7) is 9.14. The summed E-state index contributed by atoms with van der Waals surface area (Å²) < 4.78 is 11.4. The predicted molar refractivity (Wildman–Crippen MR) is 61.6 cm³/mol. The topological polar surface area (TPSA) is 18.5 Å². The molecule has 1 aromatic carbocycles. The quantitative estimate of drug-likeness (QED) is 0.710. The molecule has 0 amide bonds. The fourth-order valence-corrected chi connectivity index (χ4v) is 1.97. The second-order valence-electron chi connectivity index (χ2n) is 4.09. The van der Waals surface area contributed by atoms with Crippen LogP contribution in [0.3, 0.4) is 0 Å². The van der Waals surface area contributed by atoms with E-state index >= 15 is 0 Å². The average Bonchev–Trinajstić information content (AvgIpc) is 2.06. The Morgan fingerprint density at radius 1 is 1.07 bits per heavy atom. The first-order chi connectivity index (χ1) is 6.53. The van der Waals surface area contributed by atoms with E-state index in [1.165, 1.54) is 0 Å². The minimum atomic E-state index is -1.54. The molecule has 0 unspecified atom stereocenters. The monoisotopic (exact) mass is 210 g/mol. The largest absolute Gasteiger partial charge is 0.542 e. The van der Waals surface area contributed by atoms with Gasteiger partial charge in [0.15, 0.2) is 5.75 Å². The maximum atomic E-state index is 5.90. The van der Waals surface area contributed by atoms with Gasteiger partial charge in [-0.25, -0.2) is 0 Å². The fraction of sp³-hybridized carbons (Fsp3) is 0.455. The van der Waals surface area contributed by atoms with Gasteiger partial charge in [0.1, 0.15) is 5.75 Å². The fourth-order valence-electron chi connectivity index (χ4n) is 1.14. The van der Waals surface area contributed by atoms with Crippen LogP contribution in [0.2, 0.25) is 19.6 Å². The van der Waals surface area contributed by atoms with Crippen LogP contribution in [0.4, 0.5) is 0 Å². The third kappa shape index (κ3) is 3.42. The molecule has 0 saturated heterocycles. The summed E-state index contributed by atoms with van der Waals surface area (Å²) >= 11 is 0. The maximum absolute atomic E-state index is 5.90. The molecule has 0 atom stereocenters. The van der Waals surface area contributed by atoms with E-state index in [4.69, 9.17) is 9.16 Å². The van der Waals surface area contributed by atoms with Crippen LogP contribution in [0.25, 0.3) is 0 Å². The van der Waals surface area contributed by atoms with Crippen molar-refractivity contribution >= 4 is 8.32 Å². The molecule has 2 nitrogen and oxygen atoms in total. The van der Waals surface area contributed by atoms with Gasteiger partial charge in [-0.3, -0.25) is 0 Å². The number of para-hydroxylation sites is 2. The second-order valence-corrected chi connectivity index (χ2v) is 8.52. The Hall–Kier alpha value is -0.963. The van der Waals surface area contributed by atoms with Crippen molar-refractivity contribution in [1.82, 2.24) is 0 Å². The van der Waals surface area contributed by atoms with Gasteiger partial charge in [-0.2, -0.15) is 0 Å². The van der Waals surface area contributed by atoms with Crippen LogP contribution in [0.5, 0.6) is 11.5 Å². The third-order valence-electron chi connectivity index (χ3n) is 1.57. The summed E-state index contributed by atoms with van der Waals surface area (Å²) in [6.07, 6.45) is 0. The van der Waals surface area contributed by atoms with E-state index in [0.29, 0.717) is 6.61 Å². The molecule has 78 valence electrons. The first-order valence-electron chi connectivity index (χ1n) is 4.94. The number of hydrogen-bond donors (Lipinski definition) is 0. The number of ether oxygens (including phenoxy) is 1. The highest BCUT2D eigenvalue weighted by atomic mass is 28.4. The Bertz CT molecular complexity index is 292. The lowest BCUT2D eigenvalue weighted by atomic mass is 10.3. The second kappa shape index (κ2) is 4.51. The summed E-state index contributed by atoms with van der Waals surface area (Å²) in [7, 11) is -1.54. The van der Waals surface area contributed by atoms with E-state index in [2.05, 4.69) is 19.6 Å². The molecule has 3 heteroatoms. The van der Waals surface area contributed by atoms with Gasteiger partial charge in [-0.05, 0) is 38.7 Å². The zero-order valence-corrected chi connectivity index (χ0v) is 10.3. The summed E-state index contributed by atoms with van der Waals surface area (Å²) in [5.41, 5.74) is 0. The minimum absolute atomic E-state index is 0.673. The smallest absolute Gasteiger partial charge is 0.242 e. The first kappa shape index (κ1) is 11.1. The molecule has 1 aromatic rings. The normalized spacial score (nSPS) is 11.1. The van der Waals surface area contributed by atoms with Gasteiger partial charge in [0.2, 0.25) is 8.32 Å². The van der Waals surface area contributed by atoms with Crippen molar-refractivity contribution in [3.63, 3.8) is 0 Å². The Morgan fingerprint density at radius 3 is 2.14 bits per heavy atom. The summed E-state index contributed by atoms with van der Waals surface area (Å²) in [5.74, 6) is 1.71. The molecular formula is C11H18O2Si. The van der Waals surface area contributed by atoms with Gasteiger partial charge in [0, 0.05) is 0 Å². The van der Waals surface area contributed by atoms with Crippen LogP contribution >= 0.6 is 0 Å². The van der Waals surface area contributed by atoms with Gasteiger partial charge in [0.25, 0.3) is 0 Å². The zero-order chi connectivity index (χ0) is 10.6. The van der Waals surface area contributed by atoms with Crippen molar-refractivity contribution in [2.24, 2.45) is 0 Å². The lowest BCUT2D eigenvalue weighted by molar-refractivity contribution is 0.327. The Morgan fingerprint density at radius 2 is 1.64 bits per heavy atom. The number of hydrogen-bond acceptors (Lipinski definition) is 2. The van der Waals surface area contributed by atoms with Crippen molar-refractivity contribution in [1.29, 1.82) is 0 Å². The molecule has 0 radical (unpaired) electrons. The van der Waals surface area contributed by atoms with Gasteiger partial charge in [0.05, 0.1) is 6.61 Å². The van der Waals surface area contributed by atoms with E-state index in [9.17, 15) is 0 Å². The molecule has 0 bridgehead atoms. The average molecular weight is 210 g/mol. The SMILES string of the molecule is CCOc1ccccc1O[Si](C)(C)C. The molecule has 0 N–H and O–H groups in total. The number of rotatable bonds is 4. The Balaban J connectivity index is 2.84. The van der Waals surface area contributed by atoms with Crippen molar-refractivity contribution in [3.05, 3.63) is 24.3 Å². The minimum Gasteiger partial charge on any atom is -0.542 e. The predicted octanol–water partition coefficient (Wildman–Crippen LogP) is 3.30. The van der Waals surface area contributed by atoms with Gasteiger partial charge >= 0.3 is 0 Å². The van der Waals surface area contributed by atoms with Crippen LogP contribution in [0, 0.1) is 0 Å². The molecule has 0 aliphatic heterocycles. The van der Waals surface area contributed by atoms with E-state index in [-0.39, 0.29) is 0 Å². The summed E-state index contributed by atoms with van der Waals surface area (Å²) in [5, 5.41) is 0.